The number of benzene rings is 1. The summed E-state index contributed by atoms with van der Waals surface area (Å²) in [6.07, 6.45) is 2.10. The molecule has 0 saturated heterocycles. The van der Waals surface area contributed by atoms with Crippen LogP contribution in [0.25, 0.3) is 0 Å². The molecule has 1 unspecified atom stereocenters. The number of rotatable bonds is 6. The van der Waals surface area contributed by atoms with Gasteiger partial charge in [0.1, 0.15) is 0 Å². The Kier molecular flexibility index (Phi) is 7.01. The lowest BCUT2D eigenvalue weighted by molar-refractivity contribution is 0.282. The van der Waals surface area contributed by atoms with E-state index in [2.05, 4.69) is 22.9 Å². The molecule has 17 heavy (non-hydrogen) atoms. The van der Waals surface area contributed by atoms with Crippen molar-refractivity contribution >= 4 is 50.7 Å². The minimum absolute atomic E-state index is 0.454. The molecule has 1 aromatic rings. The summed E-state index contributed by atoms with van der Waals surface area (Å²) >= 11 is 21.3. The fourth-order valence-corrected chi connectivity index (χ4v) is 3.07. The zero-order valence-corrected chi connectivity index (χ0v) is 13.3. The van der Waals surface area contributed by atoms with Crippen LogP contribution in [-0.2, 0) is 0 Å². The Hall–Kier alpha value is 0.370. The first-order valence-corrected chi connectivity index (χ1v) is 7.63. The molecule has 0 N–H and O–H groups in total. The zero-order chi connectivity index (χ0) is 12.8. The van der Waals surface area contributed by atoms with E-state index in [0.717, 1.165) is 18.2 Å². The summed E-state index contributed by atoms with van der Waals surface area (Å²) in [5, 5.41) is 2.43. The second-order valence-corrected chi connectivity index (χ2v) is 5.96. The van der Waals surface area contributed by atoms with E-state index >= 15 is 0 Å². The summed E-state index contributed by atoms with van der Waals surface area (Å²) in [6, 6.07) is 3.26. The first kappa shape index (κ1) is 15.4. The molecule has 0 aromatic heterocycles. The molecule has 0 aliphatic heterocycles. The van der Waals surface area contributed by atoms with Gasteiger partial charge in [0, 0.05) is 10.4 Å². The second-order valence-electron chi connectivity index (χ2n) is 3.92. The molecule has 1 nitrogen and oxygen atoms in total. The summed E-state index contributed by atoms with van der Waals surface area (Å²) in [7, 11) is 0. The van der Waals surface area contributed by atoms with Gasteiger partial charge in [-0.3, -0.25) is 0 Å². The standard InChI is InChI=1S/C12H14BrCl3O/c1-8(2-4-13)3-5-17-12-10(15)6-9(14)7-11(12)16/h6-8H,2-5H2,1H3. The van der Waals surface area contributed by atoms with E-state index in [1.165, 1.54) is 0 Å². The highest BCUT2D eigenvalue weighted by Gasteiger charge is 2.10. The predicted molar refractivity (Wildman–Crippen MR) is 79.2 cm³/mol. The largest absolute Gasteiger partial charge is 0.490 e. The highest BCUT2D eigenvalue weighted by atomic mass is 79.9. The molecule has 0 saturated carbocycles. The lowest BCUT2D eigenvalue weighted by atomic mass is 10.1. The average molecular weight is 361 g/mol. The topological polar surface area (TPSA) is 9.23 Å². The maximum absolute atomic E-state index is 6.01. The van der Waals surface area contributed by atoms with E-state index < -0.39 is 0 Å². The Balaban J connectivity index is 2.52. The first-order chi connectivity index (χ1) is 8.04. The maximum atomic E-state index is 6.01. The van der Waals surface area contributed by atoms with E-state index in [4.69, 9.17) is 39.5 Å². The fraction of sp³-hybridized carbons (Fsp3) is 0.500. The molecule has 0 amide bonds. The predicted octanol–water partition coefficient (Wildman–Crippen LogP) is 5.84. The van der Waals surface area contributed by atoms with Gasteiger partial charge in [-0.25, -0.2) is 0 Å². The third kappa shape index (κ3) is 5.25. The summed E-state index contributed by atoms with van der Waals surface area (Å²) in [6.45, 7) is 2.80. The van der Waals surface area contributed by atoms with Crippen molar-refractivity contribution in [3.8, 4) is 5.75 Å². The lowest BCUT2D eigenvalue weighted by Gasteiger charge is -2.13. The highest BCUT2D eigenvalue weighted by Crippen LogP contribution is 2.35. The van der Waals surface area contributed by atoms with Crippen molar-refractivity contribution in [2.75, 3.05) is 11.9 Å². The van der Waals surface area contributed by atoms with Gasteiger partial charge in [0.25, 0.3) is 0 Å². The summed E-state index contributed by atoms with van der Waals surface area (Å²) < 4.78 is 5.60. The number of hydrogen-bond acceptors (Lipinski definition) is 1. The molecule has 96 valence electrons. The van der Waals surface area contributed by atoms with E-state index in [9.17, 15) is 0 Å². The molecule has 0 aliphatic carbocycles. The highest BCUT2D eigenvalue weighted by molar-refractivity contribution is 9.09. The van der Waals surface area contributed by atoms with Crippen LogP contribution >= 0.6 is 50.7 Å². The van der Waals surface area contributed by atoms with Gasteiger partial charge in [0.2, 0.25) is 0 Å². The minimum atomic E-state index is 0.454. The molecular weight excluding hydrogens is 346 g/mol. The van der Waals surface area contributed by atoms with Crippen molar-refractivity contribution in [3.05, 3.63) is 27.2 Å². The average Bonchev–Trinajstić information content (AvgIpc) is 2.22. The van der Waals surface area contributed by atoms with Crippen LogP contribution in [0.5, 0.6) is 5.75 Å². The van der Waals surface area contributed by atoms with Gasteiger partial charge in [-0.2, -0.15) is 0 Å². The number of ether oxygens (including phenoxy) is 1. The third-order valence-electron chi connectivity index (χ3n) is 2.42. The lowest BCUT2D eigenvalue weighted by Crippen LogP contribution is -2.05. The van der Waals surface area contributed by atoms with Crippen LogP contribution in [0.2, 0.25) is 15.1 Å². The molecule has 0 heterocycles. The van der Waals surface area contributed by atoms with Crippen molar-refractivity contribution in [3.63, 3.8) is 0 Å². The normalized spacial score (nSPS) is 12.5. The maximum Gasteiger partial charge on any atom is 0.156 e. The van der Waals surface area contributed by atoms with Gasteiger partial charge in [0.05, 0.1) is 16.7 Å². The first-order valence-electron chi connectivity index (χ1n) is 5.38. The van der Waals surface area contributed by atoms with Crippen LogP contribution in [0.1, 0.15) is 19.8 Å². The van der Waals surface area contributed by atoms with Crippen molar-refractivity contribution in [2.24, 2.45) is 5.92 Å². The van der Waals surface area contributed by atoms with Crippen LogP contribution in [0.4, 0.5) is 0 Å². The Morgan fingerprint density at radius 1 is 1.18 bits per heavy atom. The van der Waals surface area contributed by atoms with E-state index in [1.54, 1.807) is 12.1 Å². The zero-order valence-electron chi connectivity index (χ0n) is 9.48. The molecule has 0 aliphatic rings. The Bertz CT molecular complexity index is 348. The van der Waals surface area contributed by atoms with Crippen molar-refractivity contribution in [2.45, 2.75) is 19.8 Å². The van der Waals surface area contributed by atoms with E-state index in [-0.39, 0.29) is 0 Å². The molecule has 5 heteroatoms. The fourth-order valence-electron chi connectivity index (χ4n) is 1.36. The van der Waals surface area contributed by atoms with Gasteiger partial charge >= 0.3 is 0 Å². The Labute approximate surface area is 126 Å². The van der Waals surface area contributed by atoms with Crippen molar-refractivity contribution in [1.82, 2.24) is 0 Å². The quantitative estimate of drug-likeness (QED) is 0.579. The van der Waals surface area contributed by atoms with Crippen molar-refractivity contribution < 1.29 is 4.74 Å². The summed E-state index contributed by atoms with van der Waals surface area (Å²) in [4.78, 5) is 0. The second kappa shape index (κ2) is 7.73. The number of hydrogen-bond donors (Lipinski definition) is 0. The number of alkyl halides is 1. The SMILES string of the molecule is CC(CCBr)CCOc1c(Cl)cc(Cl)cc1Cl. The molecule has 0 fully saturated rings. The van der Waals surface area contributed by atoms with Gasteiger partial charge in [-0.1, -0.05) is 57.7 Å². The van der Waals surface area contributed by atoms with Crippen LogP contribution in [0, 0.1) is 5.92 Å². The summed E-state index contributed by atoms with van der Waals surface area (Å²) in [5.74, 6) is 1.13. The Morgan fingerprint density at radius 2 is 1.76 bits per heavy atom. The number of halogens is 4. The summed E-state index contributed by atoms with van der Waals surface area (Å²) in [5.41, 5.74) is 0. The Morgan fingerprint density at radius 3 is 2.29 bits per heavy atom. The van der Waals surface area contributed by atoms with Gasteiger partial charge < -0.3 is 4.74 Å². The smallest absolute Gasteiger partial charge is 0.156 e. The van der Waals surface area contributed by atoms with Crippen LogP contribution in [0.15, 0.2) is 12.1 Å². The van der Waals surface area contributed by atoms with E-state index in [0.29, 0.717) is 33.3 Å². The van der Waals surface area contributed by atoms with Gasteiger partial charge in [-0.15, -0.1) is 0 Å². The van der Waals surface area contributed by atoms with Crippen molar-refractivity contribution in [1.29, 1.82) is 0 Å². The van der Waals surface area contributed by atoms with Crippen LogP contribution in [0.3, 0.4) is 0 Å². The molecule has 1 aromatic carbocycles. The molecule has 1 atom stereocenters. The van der Waals surface area contributed by atoms with Crippen LogP contribution < -0.4 is 4.74 Å². The molecule has 0 bridgehead atoms. The molecular formula is C12H14BrCl3O. The molecule has 0 spiro atoms. The molecule has 0 radical (unpaired) electrons. The minimum Gasteiger partial charge on any atom is -0.490 e. The van der Waals surface area contributed by atoms with Gasteiger partial charge in [0.15, 0.2) is 5.75 Å². The molecule has 1 rings (SSSR count). The monoisotopic (exact) mass is 358 g/mol. The third-order valence-corrected chi connectivity index (χ3v) is 3.66. The van der Waals surface area contributed by atoms with Gasteiger partial charge in [-0.05, 0) is 30.9 Å². The van der Waals surface area contributed by atoms with Crippen LogP contribution in [-0.4, -0.2) is 11.9 Å². The van der Waals surface area contributed by atoms with E-state index in [1.807, 2.05) is 0 Å².